The van der Waals surface area contributed by atoms with Crippen molar-refractivity contribution in [2.75, 3.05) is 33.2 Å². The summed E-state index contributed by atoms with van der Waals surface area (Å²) in [5.41, 5.74) is 2.14. The standard InChI is InChI=1S/C37H49N3O4S/c1-39(45(42,43)35-20-12-5-13-21-35)28-34(32-18-10-4-11-19-32)23-25-40-24-22-33(37(41)44-29-31-16-8-3-9-17-31)26-36(40)38-27-30-14-6-2-7-15-30/h3-5,8-13,16-21,30,33-34,36,38H,2,6-7,14-15,22-29H2,1H3/t33?,34-,36-/m0/s1. The SMILES string of the molecule is CN(C[C@H](CCN1CCC(C(=O)OCc2ccccc2)C[C@H]1NCC1CCCCC1)c1ccccc1)S(=O)(=O)c1ccccc1. The summed E-state index contributed by atoms with van der Waals surface area (Å²) >= 11 is 0. The number of nitrogens with zero attached hydrogens (tertiary/aromatic N) is 2. The fourth-order valence-electron chi connectivity index (χ4n) is 6.84. The smallest absolute Gasteiger partial charge is 0.309 e. The number of carbonyl (C=O) groups is 1. The first-order valence-electron chi connectivity index (χ1n) is 16.6. The van der Waals surface area contributed by atoms with Gasteiger partial charge in [-0.3, -0.25) is 9.69 Å². The molecule has 0 radical (unpaired) electrons. The minimum atomic E-state index is -3.60. The number of benzene rings is 3. The Hall–Kier alpha value is -3.04. The van der Waals surface area contributed by atoms with E-state index in [2.05, 4.69) is 22.3 Å². The fourth-order valence-corrected chi connectivity index (χ4v) is 8.08. The average Bonchev–Trinajstić information content (AvgIpc) is 3.09. The third-order valence-electron chi connectivity index (χ3n) is 9.60. The molecule has 2 fully saturated rings. The zero-order valence-corrected chi connectivity index (χ0v) is 27.4. The van der Waals surface area contributed by atoms with Gasteiger partial charge in [0, 0.05) is 26.7 Å². The van der Waals surface area contributed by atoms with Gasteiger partial charge in [0.15, 0.2) is 0 Å². The van der Waals surface area contributed by atoms with E-state index in [0.29, 0.717) is 24.0 Å². The Morgan fingerprint density at radius 1 is 0.911 bits per heavy atom. The third kappa shape index (κ3) is 9.49. The molecule has 3 aromatic carbocycles. The number of sulfonamides is 1. The number of ether oxygens (including phenoxy) is 1. The van der Waals surface area contributed by atoms with E-state index in [9.17, 15) is 13.2 Å². The van der Waals surface area contributed by atoms with E-state index in [4.69, 9.17) is 4.74 Å². The van der Waals surface area contributed by atoms with E-state index in [1.807, 2.05) is 54.6 Å². The quantitative estimate of drug-likeness (QED) is 0.207. The van der Waals surface area contributed by atoms with Crippen LogP contribution in [0.25, 0.3) is 0 Å². The van der Waals surface area contributed by atoms with Crippen molar-refractivity contribution in [3.63, 3.8) is 0 Å². The highest BCUT2D eigenvalue weighted by atomic mass is 32.2. The molecule has 5 rings (SSSR count). The highest BCUT2D eigenvalue weighted by Crippen LogP contribution is 2.29. The summed E-state index contributed by atoms with van der Waals surface area (Å²) in [6, 6.07) is 28.8. The molecular weight excluding hydrogens is 582 g/mol. The molecule has 1 N–H and O–H groups in total. The van der Waals surface area contributed by atoms with Crippen molar-refractivity contribution in [3.8, 4) is 0 Å². The molecule has 7 nitrogen and oxygen atoms in total. The molecule has 0 bridgehead atoms. The van der Waals surface area contributed by atoms with Crippen LogP contribution >= 0.6 is 0 Å². The van der Waals surface area contributed by atoms with Crippen LogP contribution in [0.5, 0.6) is 0 Å². The lowest BCUT2D eigenvalue weighted by Crippen LogP contribution is -2.53. The molecule has 0 spiro atoms. The van der Waals surface area contributed by atoms with Crippen molar-refractivity contribution in [1.29, 1.82) is 0 Å². The summed E-state index contributed by atoms with van der Waals surface area (Å²) in [5.74, 6) is 0.459. The maximum atomic E-state index is 13.4. The minimum Gasteiger partial charge on any atom is -0.461 e. The first-order valence-corrected chi connectivity index (χ1v) is 18.1. The van der Waals surface area contributed by atoms with Gasteiger partial charge in [0.1, 0.15) is 6.61 Å². The number of piperidine rings is 1. The van der Waals surface area contributed by atoms with Crippen LogP contribution in [0.4, 0.5) is 0 Å². The number of hydrogen-bond donors (Lipinski definition) is 1. The Balaban J connectivity index is 1.25. The first-order chi connectivity index (χ1) is 21.9. The predicted octanol–water partition coefficient (Wildman–Crippen LogP) is 6.43. The van der Waals surface area contributed by atoms with Crippen molar-refractivity contribution >= 4 is 16.0 Å². The Labute approximate surface area is 270 Å². The lowest BCUT2D eigenvalue weighted by Gasteiger charge is -2.40. The lowest BCUT2D eigenvalue weighted by atomic mass is 9.88. The number of hydrogen-bond acceptors (Lipinski definition) is 6. The predicted molar refractivity (Wildman–Crippen MR) is 179 cm³/mol. The number of likely N-dealkylation sites (tertiary alicyclic amines) is 1. The molecule has 3 aromatic rings. The molecule has 1 saturated heterocycles. The van der Waals surface area contributed by atoms with Gasteiger partial charge in [-0.2, -0.15) is 0 Å². The minimum absolute atomic E-state index is 0.0299. The van der Waals surface area contributed by atoms with Gasteiger partial charge in [-0.05, 0) is 73.7 Å². The van der Waals surface area contributed by atoms with Gasteiger partial charge in [0.05, 0.1) is 17.0 Å². The molecular formula is C37H49N3O4S. The van der Waals surface area contributed by atoms with Crippen LogP contribution in [-0.4, -0.2) is 63.0 Å². The zero-order valence-electron chi connectivity index (χ0n) is 26.6. The number of likely N-dealkylation sites (N-methyl/N-ethyl adjacent to an activating group) is 1. The van der Waals surface area contributed by atoms with Gasteiger partial charge in [-0.1, -0.05) is 98.1 Å². The summed E-state index contributed by atoms with van der Waals surface area (Å²) in [6.45, 7) is 3.27. The van der Waals surface area contributed by atoms with Crippen molar-refractivity contribution in [3.05, 3.63) is 102 Å². The monoisotopic (exact) mass is 631 g/mol. The van der Waals surface area contributed by atoms with Crippen LogP contribution in [-0.2, 0) is 26.2 Å². The van der Waals surface area contributed by atoms with Crippen molar-refractivity contribution in [2.45, 2.75) is 75.0 Å². The van der Waals surface area contributed by atoms with Gasteiger partial charge in [0.25, 0.3) is 0 Å². The number of nitrogens with one attached hydrogen (secondary N) is 1. The number of esters is 1. The Kier molecular flexibility index (Phi) is 12.2. The van der Waals surface area contributed by atoms with Crippen LogP contribution in [0.15, 0.2) is 95.9 Å². The summed E-state index contributed by atoms with van der Waals surface area (Å²) in [5, 5.41) is 3.86. The summed E-state index contributed by atoms with van der Waals surface area (Å²) < 4.78 is 34.1. The van der Waals surface area contributed by atoms with Crippen molar-refractivity contribution < 1.29 is 17.9 Å². The van der Waals surface area contributed by atoms with E-state index in [1.54, 1.807) is 31.3 Å². The number of carbonyl (C=O) groups excluding carboxylic acids is 1. The van der Waals surface area contributed by atoms with Crippen LogP contribution in [0.2, 0.25) is 0 Å². The average molecular weight is 632 g/mol. The van der Waals surface area contributed by atoms with E-state index < -0.39 is 10.0 Å². The van der Waals surface area contributed by atoms with Gasteiger partial charge >= 0.3 is 5.97 Å². The molecule has 0 aromatic heterocycles. The molecule has 1 saturated carbocycles. The van der Waals surface area contributed by atoms with Gasteiger partial charge in [0.2, 0.25) is 10.0 Å². The van der Waals surface area contributed by atoms with Gasteiger partial charge in [-0.15, -0.1) is 0 Å². The molecule has 8 heteroatoms. The molecule has 1 aliphatic heterocycles. The molecule has 242 valence electrons. The maximum Gasteiger partial charge on any atom is 0.309 e. The van der Waals surface area contributed by atoms with Gasteiger partial charge < -0.3 is 10.1 Å². The molecule has 3 atom stereocenters. The van der Waals surface area contributed by atoms with Gasteiger partial charge in [-0.25, -0.2) is 12.7 Å². The van der Waals surface area contributed by atoms with Crippen molar-refractivity contribution in [1.82, 2.24) is 14.5 Å². The van der Waals surface area contributed by atoms with E-state index in [1.165, 1.54) is 36.4 Å². The van der Waals surface area contributed by atoms with E-state index >= 15 is 0 Å². The summed E-state index contributed by atoms with van der Waals surface area (Å²) in [6.07, 6.45) is 8.82. The highest BCUT2D eigenvalue weighted by molar-refractivity contribution is 7.89. The first kappa shape index (κ1) is 33.3. The molecule has 1 unspecified atom stereocenters. The van der Waals surface area contributed by atoms with E-state index in [0.717, 1.165) is 50.0 Å². The number of rotatable bonds is 14. The Morgan fingerprint density at radius 3 is 2.24 bits per heavy atom. The van der Waals surface area contributed by atoms with Crippen LogP contribution in [0.3, 0.4) is 0 Å². The largest absolute Gasteiger partial charge is 0.461 e. The summed E-state index contributed by atoms with van der Waals surface area (Å²) in [7, 11) is -1.92. The molecule has 1 aliphatic carbocycles. The fraction of sp³-hybridized carbons (Fsp3) is 0.486. The van der Waals surface area contributed by atoms with Crippen LogP contribution in [0, 0.1) is 11.8 Å². The maximum absolute atomic E-state index is 13.4. The Morgan fingerprint density at radius 2 is 1.56 bits per heavy atom. The normalized spacial score (nSPS) is 20.6. The Bertz CT molecular complexity index is 1420. The zero-order chi connectivity index (χ0) is 31.5. The molecule has 45 heavy (non-hydrogen) atoms. The highest BCUT2D eigenvalue weighted by Gasteiger charge is 2.34. The lowest BCUT2D eigenvalue weighted by molar-refractivity contribution is -0.152. The second-order valence-corrected chi connectivity index (χ2v) is 14.8. The van der Waals surface area contributed by atoms with Crippen molar-refractivity contribution in [2.24, 2.45) is 11.8 Å². The van der Waals surface area contributed by atoms with Crippen LogP contribution < -0.4 is 5.32 Å². The van der Waals surface area contributed by atoms with Crippen LogP contribution in [0.1, 0.15) is 68.4 Å². The van der Waals surface area contributed by atoms with E-state index in [-0.39, 0.29) is 24.0 Å². The second kappa shape index (κ2) is 16.5. The summed E-state index contributed by atoms with van der Waals surface area (Å²) in [4.78, 5) is 16.0. The topological polar surface area (TPSA) is 79.0 Å². The third-order valence-corrected chi connectivity index (χ3v) is 11.4. The molecule has 1 heterocycles. The molecule has 0 amide bonds. The second-order valence-electron chi connectivity index (χ2n) is 12.8. The molecule has 2 aliphatic rings.